The summed E-state index contributed by atoms with van der Waals surface area (Å²) in [5.74, 6) is 2.77. The molecule has 2 aromatic heterocycles. The fourth-order valence-electron chi connectivity index (χ4n) is 3.03. The molecule has 3 heterocycles. The molecule has 6 heteroatoms. The third kappa shape index (κ3) is 5.46. The molecule has 0 aromatic carbocycles. The molecule has 1 aliphatic rings. The fraction of sp³-hybridized carbons (Fsp3) is 0.500. The number of anilines is 1. The molecule has 1 aliphatic heterocycles. The third-order valence-corrected chi connectivity index (χ3v) is 5.57. The average Bonchev–Trinajstić information content (AvgIpc) is 3.19. The highest BCUT2D eigenvalue weighted by Crippen LogP contribution is 2.21. The highest BCUT2D eigenvalue weighted by atomic mass is 32.1. The molecule has 2 N–H and O–H groups in total. The summed E-state index contributed by atoms with van der Waals surface area (Å²) in [4.78, 5) is 13.0. The lowest BCUT2D eigenvalue weighted by molar-refractivity contribution is 0.436. The van der Waals surface area contributed by atoms with E-state index in [1.54, 1.807) is 11.3 Å². The van der Waals surface area contributed by atoms with E-state index in [2.05, 4.69) is 69.0 Å². The number of rotatable bonds is 6. The summed E-state index contributed by atoms with van der Waals surface area (Å²) in [6.07, 6.45) is 4.48. The summed E-state index contributed by atoms with van der Waals surface area (Å²) in [7, 11) is 0. The number of thiophene rings is 1. The van der Waals surface area contributed by atoms with E-state index in [9.17, 15) is 0 Å². The summed E-state index contributed by atoms with van der Waals surface area (Å²) >= 11 is 1.75. The predicted octanol–water partition coefficient (Wildman–Crippen LogP) is 3.63. The molecule has 0 spiro atoms. The van der Waals surface area contributed by atoms with E-state index in [0.717, 1.165) is 49.4 Å². The van der Waals surface area contributed by atoms with Crippen LogP contribution in [0.3, 0.4) is 0 Å². The first-order chi connectivity index (χ1) is 12.7. The van der Waals surface area contributed by atoms with E-state index in [1.807, 2.05) is 6.20 Å². The molecule has 5 nitrogen and oxygen atoms in total. The van der Waals surface area contributed by atoms with Gasteiger partial charge in [0.05, 0.1) is 13.1 Å². The van der Waals surface area contributed by atoms with Gasteiger partial charge in [0, 0.05) is 30.7 Å². The second-order valence-corrected chi connectivity index (χ2v) is 7.85. The molecule has 1 saturated heterocycles. The number of aromatic nitrogens is 1. The predicted molar refractivity (Wildman–Crippen MR) is 111 cm³/mol. The van der Waals surface area contributed by atoms with E-state index in [0.29, 0.717) is 6.54 Å². The molecule has 2 aromatic rings. The molecule has 0 radical (unpaired) electrons. The van der Waals surface area contributed by atoms with Gasteiger partial charge in [0.25, 0.3) is 0 Å². The molecule has 140 valence electrons. The van der Waals surface area contributed by atoms with Crippen LogP contribution < -0.4 is 15.5 Å². The number of nitrogens with zero attached hydrogens (tertiary/aromatic N) is 3. The standard InChI is InChI=1S/C20H29N5S/c1-3-21-20(24-15-18-5-4-12-26-18)23-14-17-6-7-19(22-13-17)25-10-8-16(2)9-11-25/h4-7,12-13,16H,3,8-11,14-15H2,1-2H3,(H2,21,23,24). The van der Waals surface area contributed by atoms with Crippen molar-refractivity contribution in [1.29, 1.82) is 0 Å². The Labute approximate surface area is 160 Å². The monoisotopic (exact) mass is 371 g/mol. The Morgan fingerprint density at radius 2 is 2.12 bits per heavy atom. The van der Waals surface area contributed by atoms with Gasteiger partial charge in [-0.3, -0.25) is 0 Å². The van der Waals surface area contributed by atoms with Crippen molar-refractivity contribution in [2.45, 2.75) is 39.8 Å². The maximum Gasteiger partial charge on any atom is 0.191 e. The van der Waals surface area contributed by atoms with Gasteiger partial charge >= 0.3 is 0 Å². The van der Waals surface area contributed by atoms with Crippen LogP contribution >= 0.6 is 11.3 Å². The van der Waals surface area contributed by atoms with E-state index in [4.69, 9.17) is 0 Å². The first-order valence-electron chi connectivity index (χ1n) is 9.49. The molecule has 1 fully saturated rings. The zero-order valence-electron chi connectivity index (χ0n) is 15.7. The molecule has 0 aliphatic carbocycles. The van der Waals surface area contributed by atoms with Crippen molar-refractivity contribution in [1.82, 2.24) is 15.6 Å². The molecule has 0 atom stereocenters. The van der Waals surface area contributed by atoms with Crippen LogP contribution in [0.1, 0.15) is 37.1 Å². The molecule has 3 rings (SSSR count). The van der Waals surface area contributed by atoms with Crippen molar-refractivity contribution in [3.8, 4) is 0 Å². The van der Waals surface area contributed by atoms with E-state index in [1.165, 1.54) is 17.7 Å². The number of hydrogen-bond donors (Lipinski definition) is 2. The normalized spacial score (nSPS) is 15.9. The van der Waals surface area contributed by atoms with Crippen molar-refractivity contribution in [2.24, 2.45) is 10.9 Å². The van der Waals surface area contributed by atoms with Crippen LogP contribution in [0.25, 0.3) is 0 Å². The van der Waals surface area contributed by atoms with E-state index >= 15 is 0 Å². The van der Waals surface area contributed by atoms with Gasteiger partial charge in [-0.15, -0.1) is 11.3 Å². The number of piperidine rings is 1. The zero-order valence-corrected chi connectivity index (χ0v) is 16.6. The van der Waals surface area contributed by atoms with Crippen LogP contribution in [0.2, 0.25) is 0 Å². The number of hydrogen-bond acceptors (Lipinski definition) is 4. The minimum absolute atomic E-state index is 0.629. The van der Waals surface area contributed by atoms with E-state index in [-0.39, 0.29) is 0 Å². The molecule has 0 saturated carbocycles. The Hall–Kier alpha value is -2.08. The van der Waals surface area contributed by atoms with Crippen molar-refractivity contribution >= 4 is 23.1 Å². The molecule has 0 bridgehead atoms. The highest BCUT2D eigenvalue weighted by molar-refractivity contribution is 7.09. The average molecular weight is 372 g/mol. The minimum atomic E-state index is 0.629. The van der Waals surface area contributed by atoms with Gasteiger partial charge in [0.15, 0.2) is 5.96 Å². The van der Waals surface area contributed by atoms with Crippen LogP contribution in [0, 0.1) is 5.92 Å². The molecule has 26 heavy (non-hydrogen) atoms. The lowest BCUT2D eigenvalue weighted by Crippen LogP contribution is -2.36. The highest BCUT2D eigenvalue weighted by Gasteiger charge is 2.16. The summed E-state index contributed by atoms with van der Waals surface area (Å²) in [6, 6.07) is 8.48. The Balaban J connectivity index is 1.55. The summed E-state index contributed by atoms with van der Waals surface area (Å²) in [6.45, 7) is 8.92. The van der Waals surface area contributed by atoms with Gasteiger partial charge in [-0.05, 0) is 48.8 Å². The lowest BCUT2D eigenvalue weighted by atomic mass is 9.99. The molecular formula is C20H29N5S. The molecule has 0 amide bonds. The van der Waals surface area contributed by atoms with Gasteiger partial charge in [0.2, 0.25) is 0 Å². The zero-order chi connectivity index (χ0) is 18.2. The first kappa shape index (κ1) is 18.7. The number of aliphatic imine (C=N–C) groups is 1. The van der Waals surface area contributed by atoms with E-state index < -0.39 is 0 Å². The van der Waals surface area contributed by atoms with Crippen LogP contribution in [-0.2, 0) is 13.1 Å². The molecule has 0 unspecified atom stereocenters. The Morgan fingerprint density at radius 3 is 2.77 bits per heavy atom. The van der Waals surface area contributed by atoms with Crippen molar-refractivity contribution in [2.75, 3.05) is 24.5 Å². The van der Waals surface area contributed by atoms with Gasteiger partial charge in [-0.25, -0.2) is 9.98 Å². The second kappa shape index (κ2) is 9.57. The Kier molecular flexibility index (Phi) is 6.89. The third-order valence-electron chi connectivity index (χ3n) is 4.69. The Morgan fingerprint density at radius 1 is 1.27 bits per heavy atom. The van der Waals surface area contributed by atoms with Crippen LogP contribution in [0.5, 0.6) is 0 Å². The second-order valence-electron chi connectivity index (χ2n) is 6.82. The van der Waals surface area contributed by atoms with Crippen LogP contribution in [0.15, 0.2) is 40.8 Å². The SMILES string of the molecule is CCNC(=NCc1ccc(N2CCC(C)CC2)nc1)NCc1cccs1. The van der Waals surface area contributed by atoms with Gasteiger partial charge in [-0.1, -0.05) is 19.1 Å². The largest absolute Gasteiger partial charge is 0.357 e. The topological polar surface area (TPSA) is 52.6 Å². The fourth-order valence-corrected chi connectivity index (χ4v) is 3.68. The maximum absolute atomic E-state index is 4.68. The lowest BCUT2D eigenvalue weighted by Gasteiger charge is -2.31. The number of pyridine rings is 1. The quantitative estimate of drug-likeness (QED) is 0.601. The smallest absolute Gasteiger partial charge is 0.191 e. The minimum Gasteiger partial charge on any atom is -0.357 e. The Bertz CT molecular complexity index is 673. The van der Waals surface area contributed by atoms with Crippen molar-refractivity contribution in [3.05, 3.63) is 46.3 Å². The molecular weight excluding hydrogens is 342 g/mol. The first-order valence-corrected chi connectivity index (χ1v) is 10.4. The van der Waals surface area contributed by atoms with Gasteiger partial charge in [-0.2, -0.15) is 0 Å². The van der Waals surface area contributed by atoms with Crippen LogP contribution in [0.4, 0.5) is 5.82 Å². The number of nitrogens with one attached hydrogen (secondary N) is 2. The summed E-state index contributed by atoms with van der Waals surface area (Å²) in [5, 5.41) is 8.77. The summed E-state index contributed by atoms with van der Waals surface area (Å²) < 4.78 is 0. The summed E-state index contributed by atoms with van der Waals surface area (Å²) in [5.41, 5.74) is 1.13. The van der Waals surface area contributed by atoms with Gasteiger partial charge in [0.1, 0.15) is 5.82 Å². The van der Waals surface area contributed by atoms with Crippen molar-refractivity contribution < 1.29 is 0 Å². The van der Waals surface area contributed by atoms with Gasteiger partial charge < -0.3 is 15.5 Å². The van der Waals surface area contributed by atoms with Crippen LogP contribution in [-0.4, -0.2) is 30.6 Å². The van der Waals surface area contributed by atoms with Crippen molar-refractivity contribution in [3.63, 3.8) is 0 Å². The maximum atomic E-state index is 4.68. The number of guanidine groups is 1.